The molecule has 0 saturated heterocycles. The predicted molar refractivity (Wildman–Crippen MR) is 60.6 cm³/mol. The van der Waals surface area contributed by atoms with Crippen LogP contribution in [0.2, 0.25) is 0 Å². The second kappa shape index (κ2) is 3.31. The highest BCUT2D eigenvalue weighted by atomic mass is 16.5. The summed E-state index contributed by atoms with van der Waals surface area (Å²) in [7, 11) is 0. The molecule has 94 valence electrons. The van der Waals surface area contributed by atoms with E-state index in [0.717, 1.165) is 0 Å². The zero-order valence-corrected chi connectivity index (χ0v) is 10.8. The van der Waals surface area contributed by atoms with Crippen LogP contribution in [0.4, 0.5) is 0 Å². The molecule has 17 heavy (non-hydrogen) atoms. The van der Waals surface area contributed by atoms with Crippen molar-refractivity contribution in [2.75, 3.05) is 0 Å². The molecular formula is C12H18N2O3. The van der Waals surface area contributed by atoms with Crippen LogP contribution >= 0.6 is 0 Å². The molecule has 0 bridgehead atoms. The van der Waals surface area contributed by atoms with Crippen LogP contribution in [0.5, 0.6) is 0 Å². The fourth-order valence-corrected chi connectivity index (χ4v) is 2.23. The lowest BCUT2D eigenvalue weighted by atomic mass is 9.96. The van der Waals surface area contributed by atoms with Crippen molar-refractivity contribution < 1.29 is 14.4 Å². The highest BCUT2D eigenvalue weighted by molar-refractivity contribution is 5.77. The van der Waals surface area contributed by atoms with Crippen LogP contribution in [0.1, 0.15) is 52.3 Å². The molecule has 2 rings (SSSR count). The molecule has 1 fully saturated rings. The standard InChI is InChI=1S/C12H18N2O3/c1-11(2,3)10-13-8(17-14-10)6-7(9(15)16)12(6,4)5/h6-7H,1-5H3,(H,15,16). The van der Waals surface area contributed by atoms with Crippen LogP contribution < -0.4 is 0 Å². The van der Waals surface area contributed by atoms with Crippen molar-refractivity contribution >= 4 is 5.97 Å². The Bertz CT molecular complexity index is 457. The first-order valence-corrected chi connectivity index (χ1v) is 5.72. The van der Waals surface area contributed by atoms with Crippen LogP contribution in [0.3, 0.4) is 0 Å². The van der Waals surface area contributed by atoms with Gasteiger partial charge in [-0.2, -0.15) is 4.98 Å². The van der Waals surface area contributed by atoms with Gasteiger partial charge in [0.1, 0.15) is 0 Å². The molecule has 5 nitrogen and oxygen atoms in total. The Morgan fingerprint density at radius 2 is 2.00 bits per heavy atom. The van der Waals surface area contributed by atoms with Crippen molar-refractivity contribution in [2.45, 2.75) is 46.0 Å². The van der Waals surface area contributed by atoms with E-state index in [9.17, 15) is 4.79 Å². The number of hydrogen-bond donors (Lipinski definition) is 1. The summed E-state index contributed by atoms with van der Waals surface area (Å²) >= 11 is 0. The first-order valence-electron chi connectivity index (χ1n) is 5.72. The molecule has 1 aliphatic rings. The van der Waals surface area contributed by atoms with Gasteiger partial charge in [0.15, 0.2) is 5.82 Å². The van der Waals surface area contributed by atoms with Crippen LogP contribution in [-0.4, -0.2) is 21.2 Å². The summed E-state index contributed by atoms with van der Waals surface area (Å²) in [6.07, 6.45) is 0. The van der Waals surface area contributed by atoms with Crippen molar-refractivity contribution in [3.63, 3.8) is 0 Å². The van der Waals surface area contributed by atoms with Crippen LogP contribution in [0.25, 0.3) is 0 Å². The van der Waals surface area contributed by atoms with Gasteiger partial charge in [0.25, 0.3) is 0 Å². The summed E-state index contributed by atoms with van der Waals surface area (Å²) in [6, 6.07) is 0. The minimum Gasteiger partial charge on any atom is -0.481 e. The Hall–Kier alpha value is -1.39. The maximum atomic E-state index is 11.1. The van der Waals surface area contributed by atoms with E-state index in [2.05, 4.69) is 10.1 Å². The molecule has 0 amide bonds. The molecule has 0 radical (unpaired) electrons. The first kappa shape index (κ1) is 12.1. The van der Waals surface area contributed by atoms with Gasteiger partial charge in [-0.15, -0.1) is 0 Å². The highest BCUT2D eigenvalue weighted by Crippen LogP contribution is 2.64. The molecule has 5 heteroatoms. The van der Waals surface area contributed by atoms with Crippen molar-refractivity contribution in [2.24, 2.45) is 11.3 Å². The number of hydrogen-bond acceptors (Lipinski definition) is 4. The second-order valence-corrected chi connectivity index (χ2v) is 6.32. The van der Waals surface area contributed by atoms with Crippen molar-refractivity contribution in [1.29, 1.82) is 0 Å². The van der Waals surface area contributed by atoms with Crippen LogP contribution in [0, 0.1) is 11.3 Å². The van der Waals surface area contributed by atoms with Gasteiger partial charge < -0.3 is 9.63 Å². The van der Waals surface area contributed by atoms with Crippen molar-refractivity contribution in [1.82, 2.24) is 10.1 Å². The smallest absolute Gasteiger partial charge is 0.307 e. The van der Waals surface area contributed by atoms with Crippen LogP contribution in [0.15, 0.2) is 4.52 Å². The highest BCUT2D eigenvalue weighted by Gasteiger charge is 2.65. The monoisotopic (exact) mass is 238 g/mol. The number of rotatable bonds is 2. The van der Waals surface area contributed by atoms with Gasteiger partial charge in [0.2, 0.25) is 5.89 Å². The number of carboxylic acid groups (broad SMARTS) is 1. The molecule has 2 unspecified atom stereocenters. The van der Waals surface area contributed by atoms with E-state index >= 15 is 0 Å². The average Bonchev–Trinajstić information content (AvgIpc) is 2.59. The topological polar surface area (TPSA) is 76.2 Å². The number of aromatic nitrogens is 2. The third kappa shape index (κ3) is 1.83. The Morgan fingerprint density at radius 1 is 1.41 bits per heavy atom. The summed E-state index contributed by atoms with van der Waals surface area (Å²) in [4.78, 5) is 15.4. The van der Waals surface area contributed by atoms with E-state index in [-0.39, 0.29) is 16.7 Å². The Morgan fingerprint density at radius 3 is 2.35 bits per heavy atom. The molecule has 0 aromatic carbocycles. The zero-order valence-electron chi connectivity index (χ0n) is 10.8. The van der Waals surface area contributed by atoms with Gasteiger partial charge in [-0.1, -0.05) is 39.8 Å². The number of carboxylic acids is 1. The van der Waals surface area contributed by atoms with E-state index in [4.69, 9.17) is 9.63 Å². The summed E-state index contributed by atoms with van der Waals surface area (Å²) in [6.45, 7) is 9.81. The molecule has 1 saturated carbocycles. The number of carbonyl (C=O) groups is 1. The number of nitrogens with zero attached hydrogens (tertiary/aromatic N) is 2. The first-order chi connectivity index (χ1) is 7.65. The quantitative estimate of drug-likeness (QED) is 0.854. The lowest BCUT2D eigenvalue weighted by Crippen LogP contribution is -2.13. The van der Waals surface area contributed by atoms with Crippen molar-refractivity contribution in [3.8, 4) is 0 Å². The molecule has 1 N–H and O–H groups in total. The fraction of sp³-hybridized carbons (Fsp3) is 0.750. The van der Waals surface area contributed by atoms with E-state index in [1.807, 2.05) is 34.6 Å². The van der Waals surface area contributed by atoms with Gasteiger partial charge in [0, 0.05) is 5.41 Å². The summed E-state index contributed by atoms with van der Waals surface area (Å²) in [5.41, 5.74) is -0.479. The molecule has 1 heterocycles. The molecular weight excluding hydrogens is 220 g/mol. The lowest BCUT2D eigenvalue weighted by Gasteiger charge is -2.10. The minimum atomic E-state index is -0.796. The van der Waals surface area contributed by atoms with Crippen molar-refractivity contribution in [3.05, 3.63) is 11.7 Å². The maximum absolute atomic E-state index is 11.1. The van der Waals surface area contributed by atoms with E-state index < -0.39 is 11.9 Å². The molecule has 1 aromatic heterocycles. The Labute approximate surface area is 100 Å². The Balaban J connectivity index is 2.26. The zero-order chi connectivity index (χ0) is 13.0. The predicted octanol–water partition coefficient (Wildman–Crippen LogP) is 2.19. The third-order valence-electron chi connectivity index (χ3n) is 3.47. The second-order valence-electron chi connectivity index (χ2n) is 6.32. The molecule has 0 aliphatic heterocycles. The average molecular weight is 238 g/mol. The SMILES string of the molecule is CC(C)(C)c1noc(C2C(C(=O)O)C2(C)C)n1. The lowest BCUT2D eigenvalue weighted by molar-refractivity contribution is -0.139. The summed E-state index contributed by atoms with van der Waals surface area (Å²) in [5, 5.41) is 13.0. The van der Waals surface area contributed by atoms with Gasteiger partial charge in [-0.3, -0.25) is 4.79 Å². The van der Waals surface area contributed by atoms with Gasteiger partial charge >= 0.3 is 5.97 Å². The maximum Gasteiger partial charge on any atom is 0.307 e. The van der Waals surface area contributed by atoms with E-state index in [1.165, 1.54) is 0 Å². The fourth-order valence-electron chi connectivity index (χ4n) is 2.23. The summed E-state index contributed by atoms with van der Waals surface area (Å²) in [5.74, 6) is -0.304. The minimum absolute atomic E-state index is 0.163. The number of aliphatic carboxylic acids is 1. The normalized spacial score (nSPS) is 26.9. The van der Waals surface area contributed by atoms with E-state index in [0.29, 0.717) is 11.7 Å². The van der Waals surface area contributed by atoms with Crippen LogP contribution in [-0.2, 0) is 10.2 Å². The molecule has 0 spiro atoms. The van der Waals surface area contributed by atoms with Gasteiger partial charge in [-0.25, -0.2) is 0 Å². The largest absolute Gasteiger partial charge is 0.481 e. The Kier molecular flexibility index (Phi) is 2.35. The van der Waals surface area contributed by atoms with Gasteiger partial charge in [0.05, 0.1) is 11.8 Å². The van der Waals surface area contributed by atoms with Gasteiger partial charge in [-0.05, 0) is 5.41 Å². The molecule has 1 aromatic rings. The molecule has 2 atom stereocenters. The van der Waals surface area contributed by atoms with E-state index in [1.54, 1.807) is 0 Å². The molecule has 1 aliphatic carbocycles. The third-order valence-corrected chi connectivity index (χ3v) is 3.47. The summed E-state index contributed by atoms with van der Waals surface area (Å²) < 4.78 is 5.21.